The summed E-state index contributed by atoms with van der Waals surface area (Å²) in [6.07, 6.45) is 0. The molecule has 0 saturated carbocycles. The topological polar surface area (TPSA) is 32.3 Å². The highest BCUT2D eigenvalue weighted by atomic mass is 35.5. The van der Waals surface area contributed by atoms with Gasteiger partial charge in [-0.2, -0.15) is 0 Å². The third-order valence-corrected chi connectivity index (χ3v) is 5.27. The van der Waals surface area contributed by atoms with Crippen molar-refractivity contribution in [1.29, 1.82) is 0 Å². The summed E-state index contributed by atoms with van der Waals surface area (Å²) >= 11 is 7.98. The second-order valence-corrected chi connectivity index (χ2v) is 6.90. The summed E-state index contributed by atoms with van der Waals surface area (Å²) < 4.78 is 0. The molecule has 1 aromatic carbocycles. The molecule has 6 heteroatoms. The molecule has 0 atom stereocenters. The second kappa shape index (κ2) is 6.20. The van der Waals surface area contributed by atoms with Crippen LogP contribution in [-0.4, -0.2) is 36.4 Å². The van der Waals surface area contributed by atoms with Gasteiger partial charge in [0, 0.05) is 32.1 Å². The first kappa shape index (κ1) is 14.6. The molecule has 0 amide bonds. The molecule has 2 aromatic rings. The van der Waals surface area contributed by atoms with E-state index in [0.717, 1.165) is 47.0 Å². The van der Waals surface area contributed by atoms with Crippen molar-refractivity contribution in [3.05, 3.63) is 34.3 Å². The van der Waals surface area contributed by atoms with Gasteiger partial charge in [-0.05, 0) is 12.1 Å². The molecule has 3 rings (SSSR count). The second-order valence-electron chi connectivity index (χ2n) is 5.50. The summed E-state index contributed by atoms with van der Waals surface area (Å²) in [7, 11) is 0. The highest BCUT2D eigenvalue weighted by Crippen LogP contribution is 2.29. The van der Waals surface area contributed by atoms with Crippen molar-refractivity contribution >= 4 is 33.8 Å². The molecule has 0 radical (unpaired) electrons. The molecule has 2 heterocycles. The highest BCUT2D eigenvalue weighted by Gasteiger charge is 2.21. The lowest BCUT2D eigenvalue weighted by Crippen LogP contribution is -2.46. The zero-order valence-electron chi connectivity index (χ0n) is 12.3. The van der Waals surface area contributed by atoms with E-state index >= 15 is 0 Å². The zero-order valence-corrected chi connectivity index (χ0v) is 13.9. The van der Waals surface area contributed by atoms with Crippen molar-refractivity contribution in [3.8, 4) is 0 Å². The molecule has 0 unspecified atom stereocenters. The lowest BCUT2D eigenvalue weighted by atomic mass is 10.2. The minimum atomic E-state index is 0.445. The van der Waals surface area contributed by atoms with Crippen LogP contribution in [0.3, 0.4) is 0 Å². The molecule has 0 aliphatic carbocycles. The number of piperazine rings is 1. The van der Waals surface area contributed by atoms with E-state index in [9.17, 15) is 0 Å². The normalized spacial score (nSPS) is 15.8. The van der Waals surface area contributed by atoms with Gasteiger partial charge in [-0.15, -0.1) is 10.2 Å². The van der Waals surface area contributed by atoms with Gasteiger partial charge in [-0.3, -0.25) is 0 Å². The smallest absolute Gasteiger partial charge is 0.208 e. The van der Waals surface area contributed by atoms with Gasteiger partial charge in [-0.25, -0.2) is 0 Å². The number of benzene rings is 1. The summed E-state index contributed by atoms with van der Waals surface area (Å²) in [6.45, 7) is 8.13. The Bertz CT molecular complexity index is 605. The minimum Gasteiger partial charge on any atom is -0.367 e. The molecule has 1 saturated heterocycles. The van der Waals surface area contributed by atoms with E-state index in [-0.39, 0.29) is 0 Å². The van der Waals surface area contributed by atoms with Gasteiger partial charge in [0.1, 0.15) is 5.01 Å². The summed E-state index contributed by atoms with van der Waals surface area (Å²) in [5, 5.41) is 11.6. The van der Waals surface area contributed by atoms with Crippen LogP contribution < -0.4 is 9.80 Å². The number of anilines is 2. The molecule has 4 nitrogen and oxygen atoms in total. The van der Waals surface area contributed by atoms with E-state index in [1.165, 1.54) is 0 Å². The first-order valence-electron chi connectivity index (χ1n) is 7.23. The molecule has 21 heavy (non-hydrogen) atoms. The van der Waals surface area contributed by atoms with Crippen LogP contribution in [0.4, 0.5) is 10.8 Å². The molecule has 0 bridgehead atoms. The number of halogens is 1. The fourth-order valence-electron chi connectivity index (χ4n) is 2.43. The van der Waals surface area contributed by atoms with Gasteiger partial charge in [0.15, 0.2) is 0 Å². The third-order valence-electron chi connectivity index (χ3n) is 3.67. The summed E-state index contributed by atoms with van der Waals surface area (Å²) in [6, 6.07) is 8.03. The first-order valence-corrected chi connectivity index (χ1v) is 8.42. The van der Waals surface area contributed by atoms with E-state index in [4.69, 9.17) is 11.6 Å². The summed E-state index contributed by atoms with van der Waals surface area (Å²) in [4.78, 5) is 4.65. The molecule has 1 aliphatic rings. The average molecular weight is 323 g/mol. The van der Waals surface area contributed by atoms with Crippen molar-refractivity contribution in [2.45, 2.75) is 19.8 Å². The molecule has 1 aromatic heterocycles. The van der Waals surface area contributed by atoms with Crippen LogP contribution >= 0.6 is 22.9 Å². The SMILES string of the molecule is CC(C)c1nnc(N2CCN(c3ccccc3Cl)CC2)s1. The largest absolute Gasteiger partial charge is 0.367 e. The molecular weight excluding hydrogens is 304 g/mol. The highest BCUT2D eigenvalue weighted by molar-refractivity contribution is 7.15. The molecular formula is C15H19ClN4S. The van der Waals surface area contributed by atoms with E-state index in [1.807, 2.05) is 18.2 Å². The maximum atomic E-state index is 6.27. The summed E-state index contributed by atoms with van der Waals surface area (Å²) in [5.74, 6) is 0.445. The van der Waals surface area contributed by atoms with Crippen molar-refractivity contribution in [2.75, 3.05) is 36.0 Å². The number of hydrogen-bond acceptors (Lipinski definition) is 5. The molecule has 1 fully saturated rings. The van der Waals surface area contributed by atoms with E-state index in [2.05, 4.69) is 39.9 Å². The number of rotatable bonds is 3. The van der Waals surface area contributed by atoms with Crippen LogP contribution in [0.25, 0.3) is 0 Å². The van der Waals surface area contributed by atoms with Gasteiger partial charge >= 0.3 is 0 Å². The monoisotopic (exact) mass is 322 g/mol. The first-order chi connectivity index (χ1) is 10.1. The predicted molar refractivity (Wildman–Crippen MR) is 89.9 cm³/mol. The zero-order chi connectivity index (χ0) is 14.8. The number of nitrogens with zero attached hydrogens (tertiary/aromatic N) is 4. The van der Waals surface area contributed by atoms with E-state index in [1.54, 1.807) is 11.3 Å². The Morgan fingerprint density at radius 1 is 1.05 bits per heavy atom. The van der Waals surface area contributed by atoms with Gasteiger partial charge < -0.3 is 9.80 Å². The Labute approximate surface area is 134 Å². The minimum absolute atomic E-state index is 0.445. The Kier molecular flexibility index (Phi) is 4.31. The Morgan fingerprint density at radius 3 is 2.33 bits per heavy atom. The third kappa shape index (κ3) is 3.14. The lowest BCUT2D eigenvalue weighted by Gasteiger charge is -2.36. The molecule has 1 aliphatic heterocycles. The van der Waals surface area contributed by atoms with Gasteiger partial charge in [-0.1, -0.05) is 48.9 Å². The van der Waals surface area contributed by atoms with Crippen molar-refractivity contribution in [2.24, 2.45) is 0 Å². The van der Waals surface area contributed by atoms with Crippen molar-refractivity contribution < 1.29 is 0 Å². The lowest BCUT2D eigenvalue weighted by molar-refractivity contribution is 0.649. The Balaban J connectivity index is 1.66. The van der Waals surface area contributed by atoms with Crippen LogP contribution in [-0.2, 0) is 0 Å². The Hall–Kier alpha value is -1.33. The van der Waals surface area contributed by atoms with Crippen molar-refractivity contribution in [3.63, 3.8) is 0 Å². The van der Waals surface area contributed by atoms with Gasteiger partial charge in [0.2, 0.25) is 5.13 Å². The van der Waals surface area contributed by atoms with E-state index in [0.29, 0.717) is 5.92 Å². The summed E-state index contributed by atoms with van der Waals surface area (Å²) in [5.41, 5.74) is 1.12. The van der Waals surface area contributed by atoms with Gasteiger partial charge in [0.05, 0.1) is 10.7 Å². The van der Waals surface area contributed by atoms with Crippen LogP contribution in [0.5, 0.6) is 0 Å². The molecule has 0 N–H and O–H groups in total. The van der Waals surface area contributed by atoms with Crippen LogP contribution in [0.15, 0.2) is 24.3 Å². The van der Waals surface area contributed by atoms with E-state index < -0.39 is 0 Å². The molecule has 112 valence electrons. The van der Waals surface area contributed by atoms with Gasteiger partial charge in [0.25, 0.3) is 0 Å². The van der Waals surface area contributed by atoms with Crippen LogP contribution in [0.1, 0.15) is 24.8 Å². The standard InChI is InChI=1S/C15H19ClN4S/c1-11(2)14-17-18-15(21-14)20-9-7-19(8-10-20)13-6-4-3-5-12(13)16/h3-6,11H,7-10H2,1-2H3. The number of aromatic nitrogens is 2. The fourth-order valence-corrected chi connectivity index (χ4v) is 3.59. The maximum Gasteiger partial charge on any atom is 0.208 e. The van der Waals surface area contributed by atoms with Crippen LogP contribution in [0, 0.1) is 0 Å². The number of para-hydroxylation sites is 1. The fraction of sp³-hybridized carbons (Fsp3) is 0.467. The van der Waals surface area contributed by atoms with Crippen molar-refractivity contribution in [1.82, 2.24) is 10.2 Å². The average Bonchev–Trinajstić information content (AvgIpc) is 2.98. The quantitative estimate of drug-likeness (QED) is 0.863. The predicted octanol–water partition coefficient (Wildman–Crippen LogP) is 3.64. The van der Waals surface area contributed by atoms with Crippen LogP contribution in [0.2, 0.25) is 5.02 Å². The molecule has 0 spiro atoms. The maximum absolute atomic E-state index is 6.27. The number of hydrogen-bond donors (Lipinski definition) is 0. The Morgan fingerprint density at radius 2 is 1.71 bits per heavy atom.